The lowest BCUT2D eigenvalue weighted by Gasteiger charge is -2.21. The van der Waals surface area contributed by atoms with Gasteiger partial charge in [-0.05, 0) is 32.0 Å². The molecule has 0 radical (unpaired) electrons. The van der Waals surface area contributed by atoms with E-state index >= 15 is 0 Å². The molecule has 1 unspecified atom stereocenters. The van der Waals surface area contributed by atoms with Gasteiger partial charge in [-0.2, -0.15) is 0 Å². The number of benzene rings is 1. The third kappa shape index (κ3) is 6.74. The molecule has 1 atom stereocenters. The zero-order valence-corrected chi connectivity index (χ0v) is 13.5. The third-order valence-electron chi connectivity index (χ3n) is 3.57. The first-order valence-corrected chi connectivity index (χ1v) is 7.87. The van der Waals surface area contributed by atoms with Crippen LogP contribution in [0.4, 0.5) is 0 Å². The summed E-state index contributed by atoms with van der Waals surface area (Å²) in [5.74, 6) is -0.166. The quantitative estimate of drug-likeness (QED) is 0.671. The van der Waals surface area contributed by atoms with Gasteiger partial charge in [0.05, 0.1) is 6.61 Å². The molecule has 21 heavy (non-hydrogen) atoms. The molecule has 1 aromatic carbocycles. The fraction of sp³-hybridized carbons (Fsp3) is 0.588. The molecule has 1 N–H and O–H groups in total. The summed E-state index contributed by atoms with van der Waals surface area (Å²) in [4.78, 5) is 14.4. The Bertz CT molecular complexity index is 391. The van der Waals surface area contributed by atoms with E-state index in [-0.39, 0.29) is 12.0 Å². The van der Waals surface area contributed by atoms with Crippen LogP contribution < -0.4 is 5.32 Å². The zero-order chi connectivity index (χ0) is 15.5. The summed E-state index contributed by atoms with van der Waals surface area (Å²) in [6, 6.07) is 9.77. The molecule has 0 saturated heterocycles. The zero-order valence-electron chi connectivity index (χ0n) is 13.5. The fourth-order valence-corrected chi connectivity index (χ4v) is 2.27. The molecule has 0 aliphatic heterocycles. The molecular weight excluding hydrogens is 264 g/mol. The highest BCUT2D eigenvalue weighted by Crippen LogP contribution is 2.05. The number of nitrogens with zero attached hydrogens (tertiary/aromatic N) is 1. The first kappa shape index (κ1) is 17.7. The van der Waals surface area contributed by atoms with Crippen molar-refractivity contribution in [1.29, 1.82) is 0 Å². The predicted molar refractivity (Wildman–Crippen MR) is 86.4 cm³/mol. The van der Waals surface area contributed by atoms with Crippen LogP contribution in [0.3, 0.4) is 0 Å². The van der Waals surface area contributed by atoms with E-state index < -0.39 is 0 Å². The summed E-state index contributed by atoms with van der Waals surface area (Å²) in [6.07, 6.45) is 0.665. The van der Waals surface area contributed by atoms with Gasteiger partial charge in [-0.15, -0.1) is 0 Å². The van der Waals surface area contributed by atoms with E-state index in [0.717, 1.165) is 31.7 Å². The molecule has 0 bridgehead atoms. The number of esters is 1. The molecule has 0 aliphatic rings. The van der Waals surface area contributed by atoms with Crippen LogP contribution in [0.5, 0.6) is 0 Å². The van der Waals surface area contributed by atoms with Crippen molar-refractivity contribution < 1.29 is 9.53 Å². The lowest BCUT2D eigenvalue weighted by Crippen LogP contribution is -2.43. The largest absolute Gasteiger partial charge is 0.465 e. The molecular formula is C17H28N2O2. The van der Waals surface area contributed by atoms with E-state index in [0.29, 0.717) is 13.0 Å². The number of rotatable bonds is 10. The van der Waals surface area contributed by atoms with Crippen LogP contribution in [0.25, 0.3) is 0 Å². The van der Waals surface area contributed by atoms with Gasteiger partial charge in [-0.25, -0.2) is 0 Å². The molecule has 0 amide bonds. The number of carbonyl (C=O) groups excluding carboxylic acids is 1. The topological polar surface area (TPSA) is 41.6 Å². The van der Waals surface area contributed by atoms with E-state index in [1.165, 1.54) is 0 Å². The molecule has 0 aliphatic carbocycles. The molecule has 118 valence electrons. The third-order valence-corrected chi connectivity index (χ3v) is 3.57. The van der Waals surface area contributed by atoms with Crippen LogP contribution >= 0.6 is 0 Å². The summed E-state index contributed by atoms with van der Waals surface area (Å²) in [5.41, 5.74) is 1.14. The number of nitrogens with one attached hydrogen (secondary N) is 1. The molecule has 0 saturated carbocycles. The normalized spacial score (nSPS) is 12.4. The Morgan fingerprint density at radius 3 is 2.43 bits per heavy atom. The molecule has 0 fully saturated rings. The molecule has 4 nitrogen and oxygen atoms in total. The molecule has 0 heterocycles. The Balaban J connectivity index is 2.54. The molecule has 4 heteroatoms. The highest BCUT2D eigenvalue weighted by molar-refractivity contribution is 5.76. The first-order valence-electron chi connectivity index (χ1n) is 7.87. The second-order valence-electron chi connectivity index (χ2n) is 4.98. The average Bonchev–Trinajstić information content (AvgIpc) is 2.51. The van der Waals surface area contributed by atoms with Gasteiger partial charge in [-0.3, -0.25) is 4.79 Å². The van der Waals surface area contributed by atoms with Crippen molar-refractivity contribution in [2.24, 2.45) is 0 Å². The molecule has 0 spiro atoms. The van der Waals surface area contributed by atoms with Gasteiger partial charge >= 0.3 is 5.97 Å². The van der Waals surface area contributed by atoms with Crippen LogP contribution in [-0.4, -0.2) is 49.7 Å². The molecule has 0 aromatic heterocycles. The van der Waals surface area contributed by atoms with Crippen LogP contribution in [0, 0.1) is 0 Å². The highest BCUT2D eigenvalue weighted by atomic mass is 16.5. The summed E-state index contributed by atoms with van der Waals surface area (Å²) < 4.78 is 5.17. The van der Waals surface area contributed by atoms with Gasteiger partial charge in [0.2, 0.25) is 0 Å². The Kier molecular flexibility index (Phi) is 8.71. The summed E-state index contributed by atoms with van der Waals surface area (Å²) >= 11 is 0. The van der Waals surface area contributed by atoms with Gasteiger partial charge in [0.15, 0.2) is 0 Å². The fourth-order valence-electron chi connectivity index (χ4n) is 2.27. The number of hydrogen-bond donors (Lipinski definition) is 1. The van der Waals surface area contributed by atoms with E-state index in [2.05, 4.69) is 24.1 Å². The Morgan fingerprint density at radius 2 is 1.86 bits per heavy atom. The SMILES string of the molecule is CCOC(=O)C(Cc1ccccc1)NCCN(CC)CC. The predicted octanol–water partition coefficient (Wildman–Crippen LogP) is 2.09. The van der Waals surface area contributed by atoms with E-state index in [1.807, 2.05) is 37.3 Å². The lowest BCUT2D eigenvalue weighted by atomic mass is 10.1. The molecule has 1 rings (SSSR count). The van der Waals surface area contributed by atoms with E-state index in [4.69, 9.17) is 4.74 Å². The second kappa shape index (κ2) is 10.4. The van der Waals surface area contributed by atoms with Gasteiger partial charge in [0.25, 0.3) is 0 Å². The number of likely N-dealkylation sites (N-methyl/N-ethyl adjacent to an activating group) is 1. The van der Waals surface area contributed by atoms with Crippen LogP contribution in [0.1, 0.15) is 26.3 Å². The van der Waals surface area contributed by atoms with E-state index in [9.17, 15) is 4.79 Å². The standard InChI is InChI=1S/C17H28N2O2/c1-4-19(5-2)13-12-18-16(17(20)21-6-3)14-15-10-8-7-9-11-15/h7-11,16,18H,4-6,12-14H2,1-3H3. The van der Waals surface area contributed by atoms with Crippen LogP contribution in [-0.2, 0) is 16.0 Å². The monoisotopic (exact) mass is 292 g/mol. The maximum absolute atomic E-state index is 12.1. The van der Waals surface area contributed by atoms with Crippen LogP contribution in [0.2, 0.25) is 0 Å². The Hall–Kier alpha value is -1.39. The summed E-state index contributed by atoms with van der Waals surface area (Å²) in [6.45, 7) is 10.3. The minimum absolute atomic E-state index is 0.166. The highest BCUT2D eigenvalue weighted by Gasteiger charge is 2.19. The maximum Gasteiger partial charge on any atom is 0.323 e. The lowest BCUT2D eigenvalue weighted by molar-refractivity contribution is -0.145. The average molecular weight is 292 g/mol. The van der Waals surface area contributed by atoms with Gasteiger partial charge in [0, 0.05) is 13.1 Å². The maximum atomic E-state index is 12.1. The smallest absolute Gasteiger partial charge is 0.323 e. The minimum Gasteiger partial charge on any atom is -0.465 e. The van der Waals surface area contributed by atoms with Crippen molar-refractivity contribution in [3.63, 3.8) is 0 Å². The van der Waals surface area contributed by atoms with Crippen molar-refractivity contribution in [1.82, 2.24) is 10.2 Å². The molecule has 1 aromatic rings. The Morgan fingerprint density at radius 1 is 1.19 bits per heavy atom. The van der Waals surface area contributed by atoms with Crippen molar-refractivity contribution >= 4 is 5.97 Å². The van der Waals surface area contributed by atoms with Gasteiger partial charge in [0.1, 0.15) is 6.04 Å². The number of ether oxygens (including phenoxy) is 1. The van der Waals surface area contributed by atoms with Gasteiger partial charge < -0.3 is 15.0 Å². The van der Waals surface area contributed by atoms with Crippen molar-refractivity contribution in [3.8, 4) is 0 Å². The van der Waals surface area contributed by atoms with E-state index in [1.54, 1.807) is 0 Å². The number of carbonyl (C=O) groups is 1. The van der Waals surface area contributed by atoms with Gasteiger partial charge in [-0.1, -0.05) is 44.2 Å². The number of hydrogen-bond acceptors (Lipinski definition) is 4. The van der Waals surface area contributed by atoms with Crippen molar-refractivity contribution in [2.75, 3.05) is 32.8 Å². The van der Waals surface area contributed by atoms with Crippen molar-refractivity contribution in [2.45, 2.75) is 33.2 Å². The summed E-state index contributed by atoms with van der Waals surface area (Å²) in [7, 11) is 0. The Labute approximate surface area is 128 Å². The summed E-state index contributed by atoms with van der Waals surface area (Å²) in [5, 5.41) is 3.34. The van der Waals surface area contributed by atoms with Crippen molar-refractivity contribution in [3.05, 3.63) is 35.9 Å². The van der Waals surface area contributed by atoms with Crippen LogP contribution in [0.15, 0.2) is 30.3 Å². The first-order chi connectivity index (χ1) is 10.2. The second-order valence-corrected chi connectivity index (χ2v) is 4.98. The minimum atomic E-state index is -0.275.